The van der Waals surface area contributed by atoms with Crippen LogP contribution in [0.1, 0.15) is 17.7 Å². The molecule has 3 aromatic heterocycles. The second-order valence-electron chi connectivity index (χ2n) is 6.55. The first-order valence-corrected chi connectivity index (χ1v) is 10.7. The molecular weight excluding hydrogens is 414 g/mol. The Morgan fingerprint density at radius 2 is 1.87 bits per heavy atom. The molecule has 0 saturated heterocycles. The SMILES string of the molecule is CS(=O)(=O)NCc1cccc(-c2cc(-c3cnc4ccc(C(F)F)nn34)ncn2)c1. The fraction of sp³-hybridized carbons (Fsp3) is 0.158. The zero-order valence-corrected chi connectivity index (χ0v) is 16.5. The number of halogens is 2. The molecular formula is C19H16F2N6O2S. The molecule has 4 aromatic rings. The molecule has 0 amide bonds. The third-order valence-electron chi connectivity index (χ3n) is 4.30. The van der Waals surface area contributed by atoms with Crippen LogP contribution in [-0.2, 0) is 16.6 Å². The van der Waals surface area contributed by atoms with Crippen LogP contribution in [0, 0.1) is 0 Å². The van der Waals surface area contributed by atoms with Gasteiger partial charge in [0.15, 0.2) is 5.65 Å². The molecule has 0 aliphatic heterocycles. The fourth-order valence-corrected chi connectivity index (χ4v) is 3.32. The van der Waals surface area contributed by atoms with Gasteiger partial charge < -0.3 is 0 Å². The van der Waals surface area contributed by atoms with E-state index in [0.29, 0.717) is 22.7 Å². The van der Waals surface area contributed by atoms with Gasteiger partial charge in [0.2, 0.25) is 10.0 Å². The Kier molecular flexibility index (Phi) is 5.22. The van der Waals surface area contributed by atoms with Gasteiger partial charge in [0, 0.05) is 12.1 Å². The summed E-state index contributed by atoms with van der Waals surface area (Å²) >= 11 is 0. The van der Waals surface area contributed by atoms with Crippen LogP contribution in [-0.4, -0.2) is 39.2 Å². The summed E-state index contributed by atoms with van der Waals surface area (Å²) in [4.78, 5) is 12.7. The molecule has 0 fully saturated rings. The molecule has 3 heterocycles. The van der Waals surface area contributed by atoms with Gasteiger partial charge in [-0.25, -0.2) is 41.4 Å². The molecule has 154 valence electrons. The first-order chi connectivity index (χ1) is 14.3. The van der Waals surface area contributed by atoms with Gasteiger partial charge in [-0.2, -0.15) is 5.10 Å². The number of hydrogen-bond acceptors (Lipinski definition) is 6. The molecule has 0 aliphatic rings. The number of nitrogens with zero attached hydrogens (tertiary/aromatic N) is 5. The van der Waals surface area contributed by atoms with Gasteiger partial charge in [-0.1, -0.05) is 18.2 Å². The number of imidazole rings is 1. The minimum absolute atomic E-state index is 0.151. The van der Waals surface area contributed by atoms with Crippen molar-refractivity contribution >= 4 is 15.7 Å². The second kappa shape index (κ2) is 7.84. The van der Waals surface area contributed by atoms with E-state index in [2.05, 4.69) is 24.8 Å². The Balaban J connectivity index is 1.70. The van der Waals surface area contributed by atoms with Crippen LogP contribution < -0.4 is 4.72 Å². The largest absolute Gasteiger partial charge is 0.282 e. The van der Waals surface area contributed by atoms with Crippen molar-refractivity contribution in [3.8, 4) is 22.6 Å². The van der Waals surface area contributed by atoms with Gasteiger partial charge in [0.1, 0.15) is 17.7 Å². The maximum Gasteiger partial charge on any atom is 0.282 e. The van der Waals surface area contributed by atoms with Gasteiger partial charge in [0.25, 0.3) is 6.43 Å². The van der Waals surface area contributed by atoms with E-state index >= 15 is 0 Å². The van der Waals surface area contributed by atoms with Gasteiger partial charge in [-0.3, -0.25) is 0 Å². The smallest absolute Gasteiger partial charge is 0.236 e. The molecule has 0 unspecified atom stereocenters. The molecule has 0 atom stereocenters. The monoisotopic (exact) mass is 430 g/mol. The molecule has 8 nitrogen and oxygen atoms in total. The lowest BCUT2D eigenvalue weighted by atomic mass is 10.1. The Bertz CT molecular complexity index is 1320. The minimum atomic E-state index is -3.31. The van der Waals surface area contributed by atoms with Crippen molar-refractivity contribution in [2.75, 3.05) is 6.26 Å². The van der Waals surface area contributed by atoms with Crippen molar-refractivity contribution < 1.29 is 17.2 Å². The van der Waals surface area contributed by atoms with E-state index in [1.165, 1.54) is 29.2 Å². The fourth-order valence-electron chi connectivity index (χ4n) is 2.89. The van der Waals surface area contributed by atoms with Crippen molar-refractivity contribution in [3.05, 3.63) is 66.2 Å². The van der Waals surface area contributed by atoms with Crippen LogP contribution in [0.5, 0.6) is 0 Å². The maximum atomic E-state index is 13.0. The molecule has 1 N–H and O–H groups in total. The highest BCUT2D eigenvalue weighted by molar-refractivity contribution is 7.88. The number of aromatic nitrogens is 5. The normalized spacial score (nSPS) is 12.0. The molecule has 11 heteroatoms. The highest BCUT2D eigenvalue weighted by atomic mass is 32.2. The molecule has 0 radical (unpaired) electrons. The molecule has 0 aliphatic carbocycles. The number of alkyl halides is 2. The molecule has 1 aromatic carbocycles. The van der Waals surface area contributed by atoms with Crippen molar-refractivity contribution in [2.45, 2.75) is 13.0 Å². The number of nitrogens with one attached hydrogen (secondary N) is 1. The number of fused-ring (bicyclic) bond motifs is 1. The van der Waals surface area contributed by atoms with E-state index < -0.39 is 16.4 Å². The summed E-state index contributed by atoms with van der Waals surface area (Å²) in [7, 11) is -3.31. The van der Waals surface area contributed by atoms with Gasteiger partial charge in [-0.15, -0.1) is 0 Å². The van der Waals surface area contributed by atoms with Crippen LogP contribution in [0.4, 0.5) is 8.78 Å². The van der Waals surface area contributed by atoms with Crippen LogP contribution in [0.3, 0.4) is 0 Å². The standard InChI is InChI=1S/C19H16F2N6O2S/c1-30(28,29)25-9-12-3-2-4-13(7-12)15-8-16(24-11-23-15)17-10-22-18-6-5-14(19(20)21)26-27(17)18/h2-8,10-11,19,25H,9H2,1H3. The van der Waals surface area contributed by atoms with E-state index in [4.69, 9.17) is 0 Å². The number of benzene rings is 1. The molecule has 0 spiro atoms. The Labute approximate surface area is 170 Å². The first kappa shape index (κ1) is 20.0. The summed E-state index contributed by atoms with van der Waals surface area (Å²) in [5.74, 6) is 0. The molecule has 30 heavy (non-hydrogen) atoms. The third-order valence-corrected chi connectivity index (χ3v) is 4.97. The first-order valence-electron chi connectivity index (χ1n) is 8.79. The molecule has 0 bridgehead atoms. The Hall–Kier alpha value is -3.31. The van der Waals surface area contributed by atoms with Crippen molar-refractivity contribution in [2.24, 2.45) is 0 Å². The Morgan fingerprint density at radius 1 is 1.07 bits per heavy atom. The van der Waals surface area contributed by atoms with E-state index in [-0.39, 0.29) is 12.2 Å². The van der Waals surface area contributed by atoms with E-state index in [1.807, 2.05) is 12.1 Å². The zero-order valence-electron chi connectivity index (χ0n) is 15.7. The topological polar surface area (TPSA) is 102 Å². The predicted octanol–water partition coefficient (Wildman–Crippen LogP) is 2.84. The van der Waals surface area contributed by atoms with Crippen molar-refractivity contribution in [1.82, 2.24) is 29.3 Å². The van der Waals surface area contributed by atoms with E-state index in [9.17, 15) is 17.2 Å². The number of hydrogen-bond donors (Lipinski definition) is 1. The number of rotatable bonds is 6. The molecule has 4 rings (SSSR count). The van der Waals surface area contributed by atoms with Crippen molar-refractivity contribution in [1.29, 1.82) is 0 Å². The van der Waals surface area contributed by atoms with E-state index in [0.717, 1.165) is 17.4 Å². The lowest BCUT2D eigenvalue weighted by Gasteiger charge is -2.07. The van der Waals surface area contributed by atoms with Gasteiger partial charge in [0.05, 0.1) is 23.8 Å². The quantitative estimate of drug-likeness (QED) is 0.505. The average Bonchev–Trinajstić information content (AvgIpc) is 3.15. The Morgan fingerprint density at radius 3 is 2.63 bits per heavy atom. The maximum absolute atomic E-state index is 13.0. The lowest BCUT2D eigenvalue weighted by Crippen LogP contribution is -2.21. The van der Waals surface area contributed by atoms with Gasteiger partial charge in [-0.05, 0) is 29.8 Å². The van der Waals surface area contributed by atoms with Gasteiger partial charge >= 0.3 is 0 Å². The van der Waals surface area contributed by atoms with Crippen molar-refractivity contribution in [3.63, 3.8) is 0 Å². The zero-order chi connectivity index (χ0) is 21.3. The third kappa shape index (κ3) is 4.31. The molecule has 0 saturated carbocycles. The van der Waals surface area contributed by atoms with Crippen LogP contribution in [0.2, 0.25) is 0 Å². The van der Waals surface area contributed by atoms with Crippen LogP contribution in [0.15, 0.2) is 55.0 Å². The summed E-state index contributed by atoms with van der Waals surface area (Å²) in [6, 6.07) is 11.6. The summed E-state index contributed by atoms with van der Waals surface area (Å²) < 4.78 is 52.5. The van der Waals surface area contributed by atoms with E-state index in [1.54, 1.807) is 18.2 Å². The lowest BCUT2D eigenvalue weighted by molar-refractivity contribution is 0.144. The van der Waals surface area contributed by atoms with Crippen LogP contribution in [0.25, 0.3) is 28.3 Å². The average molecular weight is 430 g/mol. The predicted molar refractivity (Wildman–Crippen MR) is 106 cm³/mol. The summed E-state index contributed by atoms with van der Waals surface area (Å²) in [6.07, 6.45) is 1.27. The highest BCUT2D eigenvalue weighted by Crippen LogP contribution is 2.25. The summed E-state index contributed by atoms with van der Waals surface area (Å²) in [5, 5.41) is 3.95. The highest BCUT2D eigenvalue weighted by Gasteiger charge is 2.15. The minimum Gasteiger partial charge on any atom is -0.236 e. The summed E-state index contributed by atoms with van der Waals surface area (Å²) in [6.45, 7) is 0.151. The second-order valence-corrected chi connectivity index (χ2v) is 8.39. The number of sulfonamides is 1. The summed E-state index contributed by atoms with van der Waals surface area (Å²) in [5.41, 5.74) is 3.07. The van der Waals surface area contributed by atoms with Crippen LogP contribution >= 0.6 is 0 Å².